The quantitative estimate of drug-likeness (QED) is 0.821. The Morgan fingerprint density at radius 3 is 2.47 bits per heavy atom. The van der Waals surface area contributed by atoms with E-state index in [1.807, 2.05) is 19.2 Å². The molecular formula is C12H17NO2. The molecule has 0 fully saturated rings. The molecular weight excluding hydrogens is 190 g/mol. The molecule has 3 nitrogen and oxygen atoms in total. The second-order valence-corrected chi connectivity index (χ2v) is 3.74. The maximum Gasteiger partial charge on any atom is 0.124 e. The number of methoxy groups -OCH3 is 2. The van der Waals surface area contributed by atoms with Crippen LogP contribution in [0.3, 0.4) is 0 Å². The molecule has 0 aromatic heterocycles. The summed E-state index contributed by atoms with van der Waals surface area (Å²) in [6.07, 6.45) is 2.17. The summed E-state index contributed by atoms with van der Waals surface area (Å²) in [5.41, 5.74) is 2.55. The standard InChI is InChI=1S/C12H17NO2/c1-13-9-5-4-8-10(14-2)6-7-11(15-3)12(8)9/h6-7,9,13H,4-5H2,1-3H3. The Balaban J connectivity index is 2.52. The minimum absolute atomic E-state index is 0.394. The molecule has 0 aliphatic heterocycles. The average Bonchev–Trinajstić information content (AvgIpc) is 2.71. The largest absolute Gasteiger partial charge is 0.496 e. The third kappa shape index (κ3) is 1.57. The van der Waals surface area contributed by atoms with Crippen LogP contribution in [0.4, 0.5) is 0 Å². The van der Waals surface area contributed by atoms with Crippen molar-refractivity contribution in [3.05, 3.63) is 23.3 Å². The minimum atomic E-state index is 0.394. The smallest absolute Gasteiger partial charge is 0.124 e. The van der Waals surface area contributed by atoms with Gasteiger partial charge in [-0.05, 0) is 32.0 Å². The first kappa shape index (κ1) is 10.3. The van der Waals surface area contributed by atoms with Gasteiger partial charge in [-0.25, -0.2) is 0 Å². The van der Waals surface area contributed by atoms with Gasteiger partial charge in [-0.15, -0.1) is 0 Å². The zero-order valence-corrected chi connectivity index (χ0v) is 9.46. The normalized spacial score (nSPS) is 18.7. The number of nitrogens with one attached hydrogen (secondary N) is 1. The van der Waals surface area contributed by atoms with Crippen molar-refractivity contribution in [3.8, 4) is 11.5 Å². The van der Waals surface area contributed by atoms with E-state index in [0.717, 1.165) is 24.3 Å². The van der Waals surface area contributed by atoms with E-state index in [0.29, 0.717) is 6.04 Å². The van der Waals surface area contributed by atoms with Crippen LogP contribution in [0.5, 0.6) is 11.5 Å². The fraction of sp³-hybridized carbons (Fsp3) is 0.500. The Morgan fingerprint density at radius 1 is 1.20 bits per heavy atom. The van der Waals surface area contributed by atoms with Crippen LogP contribution in [0.1, 0.15) is 23.6 Å². The zero-order valence-electron chi connectivity index (χ0n) is 9.46. The molecule has 82 valence electrons. The van der Waals surface area contributed by atoms with E-state index in [2.05, 4.69) is 5.32 Å². The van der Waals surface area contributed by atoms with Gasteiger partial charge in [-0.3, -0.25) is 0 Å². The summed E-state index contributed by atoms with van der Waals surface area (Å²) in [5, 5.41) is 3.31. The van der Waals surface area contributed by atoms with Crippen LogP contribution in [0, 0.1) is 0 Å². The second kappa shape index (κ2) is 4.11. The minimum Gasteiger partial charge on any atom is -0.496 e. The Labute approximate surface area is 90.4 Å². The predicted octanol–water partition coefficient (Wildman–Crippen LogP) is 1.91. The average molecular weight is 207 g/mol. The lowest BCUT2D eigenvalue weighted by atomic mass is 10.1. The molecule has 0 radical (unpaired) electrons. The molecule has 1 aromatic rings. The van der Waals surface area contributed by atoms with Crippen molar-refractivity contribution in [2.45, 2.75) is 18.9 Å². The SMILES string of the molecule is CNC1CCc2c(OC)ccc(OC)c21. The lowest BCUT2D eigenvalue weighted by molar-refractivity contribution is 0.394. The van der Waals surface area contributed by atoms with Gasteiger partial charge in [0.05, 0.1) is 14.2 Å². The van der Waals surface area contributed by atoms with E-state index in [1.165, 1.54) is 11.1 Å². The van der Waals surface area contributed by atoms with Crippen molar-refractivity contribution in [1.82, 2.24) is 5.32 Å². The van der Waals surface area contributed by atoms with Crippen molar-refractivity contribution >= 4 is 0 Å². The van der Waals surface area contributed by atoms with Crippen LogP contribution in [0.25, 0.3) is 0 Å². The van der Waals surface area contributed by atoms with Gasteiger partial charge >= 0.3 is 0 Å². The van der Waals surface area contributed by atoms with Crippen LogP contribution >= 0.6 is 0 Å². The number of rotatable bonds is 3. The molecule has 0 saturated heterocycles. The maximum absolute atomic E-state index is 5.39. The van der Waals surface area contributed by atoms with Gasteiger partial charge < -0.3 is 14.8 Å². The number of hydrogen-bond donors (Lipinski definition) is 1. The summed E-state index contributed by atoms with van der Waals surface area (Å²) in [5.74, 6) is 1.94. The van der Waals surface area contributed by atoms with E-state index in [9.17, 15) is 0 Å². The van der Waals surface area contributed by atoms with Crippen molar-refractivity contribution < 1.29 is 9.47 Å². The molecule has 0 heterocycles. The van der Waals surface area contributed by atoms with Crippen LogP contribution < -0.4 is 14.8 Å². The first-order valence-corrected chi connectivity index (χ1v) is 5.22. The molecule has 2 rings (SSSR count). The summed E-state index contributed by atoms with van der Waals surface area (Å²) in [6, 6.07) is 4.35. The molecule has 15 heavy (non-hydrogen) atoms. The van der Waals surface area contributed by atoms with Gasteiger partial charge in [0, 0.05) is 17.2 Å². The highest BCUT2D eigenvalue weighted by Gasteiger charge is 2.27. The molecule has 1 N–H and O–H groups in total. The third-order valence-electron chi connectivity index (χ3n) is 3.09. The fourth-order valence-corrected chi connectivity index (χ4v) is 2.35. The van der Waals surface area contributed by atoms with Crippen LogP contribution in [-0.2, 0) is 6.42 Å². The summed E-state index contributed by atoms with van der Waals surface area (Å²) >= 11 is 0. The number of hydrogen-bond acceptors (Lipinski definition) is 3. The Bertz CT molecular complexity index is 363. The molecule has 1 aliphatic carbocycles. The van der Waals surface area contributed by atoms with E-state index in [4.69, 9.17) is 9.47 Å². The first-order chi connectivity index (χ1) is 7.31. The van der Waals surface area contributed by atoms with Crippen molar-refractivity contribution in [2.24, 2.45) is 0 Å². The fourth-order valence-electron chi connectivity index (χ4n) is 2.35. The summed E-state index contributed by atoms with van der Waals surface area (Å²) in [6.45, 7) is 0. The summed E-state index contributed by atoms with van der Waals surface area (Å²) in [7, 11) is 5.42. The van der Waals surface area contributed by atoms with Gasteiger partial charge in [0.1, 0.15) is 11.5 Å². The third-order valence-corrected chi connectivity index (χ3v) is 3.09. The lowest BCUT2D eigenvalue weighted by Crippen LogP contribution is -2.13. The van der Waals surface area contributed by atoms with Gasteiger partial charge in [0.2, 0.25) is 0 Å². The van der Waals surface area contributed by atoms with Crippen molar-refractivity contribution in [1.29, 1.82) is 0 Å². The number of ether oxygens (including phenoxy) is 2. The Morgan fingerprint density at radius 2 is 1.87 bits per heavy atom. The number of benzene rings is 1. The zero-order chi connectivity index (χ0) is 10.8. The van der Waals surface area contributed by atoms with Crippen molar-refractivity contribution in [2.75, 3.05) is 21.3 Å². The first-order valence-electron chi connectivity index (χ1n) is 5.22. The van der Waals surface area contributed by atoms with Gasteiger partial charge in [0.25, 0.3) is 0 Å². The van der Waals surface area contributed by atoms with Crippen molar-refractivity contribution in [3.63, 3.8) is 0 Å². The Kier molecular flexibility index (Phi) is 2.82. The molecule has 0 amide bonds. The molecule has 0 saturated carbocycles. The summed E-state index contributed by atoms with van der Waals surface area (Å²) < 4.78 is 10.8. The maximum atomic E-state index is 5.39. The molecule has 0 bridgehead atoms. The van der Waals surface area contributed by atoms with Crippen LogP contribution in [-0.4, -0.2) is 21.3 Å². The molecule has 1 aliphatic rings. The highest BCUT2D eigenvalue weighted by molar-refractivity contribution is 5.52. The molecule has 0 spiro atoms. The predicted molar refractivity (Wildman–Crippen MR) is 59.7 cm³/mol. The lowest BCUT2D eigenvalue weighted by Gasteiger charge is -2.15. The van der Waals surface area contributed by atoms with E-state index in [-0.39, 0.29) is 0 Å². The summed E-state index contributed by atoms with van der Waals surface area (Å²) in [4.78, 5) is 0. The van der Waals surface area contributed by atoms with E-state index in [1.54, 1.807) is 14.2 Å². The molecule has 3 heteroatoms. The van der Waals surface area contributed by atoms with Crippen LogP contribution in [0.2, 0.25) is 0 Å². The highest BCUT2D eigenvalue weighted by Crippen LogP contribution is 2.42. The Hall–Kier alpha value is -1.22. The topological polar surface area (TPSA) is 30.5 Å². The molecule has 1 aromatic carbocycles. The van der Waals surface area contributed by atoms with E-state index >= 15 is 0 Å². The van der Waals surface area contributed by atoms with Crippen LogP contribution in [0.15, 0.2) is 12.1 Å². The molecule has 1 atom stereocenters. The number of fused-ring (bicyclic) bond motifs is 1. The van der Waals surface area contributed by atoms with E-state index < -0.39 is 0 Å². The highest BCUT2D eigenvalue weighted by atomic mass is 16.5. The second-order valence-electron chi connectivity index (χ2n) is 3.74. The van der Waals surface area contributed by atoms with Gasteiger partial charge in [0.15, 0.2) is 0 Å². The monoisotopic (exact) mass is 207 g/mol. The molecule has 1 unspecified atom stereocenters. The van der Waals surface area contributed by atoms with Gasteiger partial charge in [-0.2, -0.15) is 0 Å². The van der Waals surface area contributed by atoms with Gasteiger partial charge in [-0.1, -0.05) is 0 Å².